The number of nitrogens with one attached hydrogen (secondary N) is 3. The molecule has 0 aliphatic heterocycles. The molecule has 8 heteroatoms. The number of sulfonamides is 1. The van der Waals surface area contributed by atoms with E-state index in [1.807, 2.05) is 32.8 Å². The van der Waals surface area contributed by atoms with Gasteiger partial charge in [-0.15, -0.1) is 0 Å². The number of likely N-dealkylation sites (N-methyl/N-ethyl adjacent to an activating group) is 1. The topological polar surface area (TPSA) is 90.1 Å². The molecule has 1 rings (SSSR count). The maximum atomic E-state index is 12.4. The Hall–Kier alpha value is -0.960. The molecular formula is C13H27N5O2S. The lowest BCUT2D eigenvalue weighted by atomic mass is 10.1. The van der Waals surface area contributed by atoms with Crippen molar-refractivity contribution in [2.75, 3.05) is 27.2 Å². The summed E-state index contributed by atoms with van der Waals surface area (Å²) in [6, 6.07) is 0. The SMILES string of the molecule is CCCNCc1cn[nH]c1S(=O)(=O)NCC(C)(C)N(C)C. The van der Waals surface area contributed by atoms with Crippen LogP contribution in [0, 0.1) is 0 Å². The van der Waals surface area contributed by atoms with Gasteiger partial charge in [0.1, 0.15) is 0 Å². The van der Waals surface area contributed by atoms with Gasteiger partial charge >= 0.3 is 0 Å². The van der Waals surface area contributed by atoms with Gasteiger partial charge in [0.25, 0.3) is 10.0 Å². The molecule has 0 saturated heterocycles. The summed E-state index contributed by atoms with van der Waals surface area (Å²) in [7, 11) is 0.256. The average molecular weight is 317 g/mol. The van der Waals surface area contributed by atoms with E-state index < -0.39 is 10.0 Å². The first-order chi connectivity index (χ1) is 9.70. The molecule has 122 valence electrons. The van der Waals surface area contributed by atoms with Gasteiger partial charge in [-0.05, 0) is 40.9 Å². The van der Waals surface area contributed by atoms with Gasteiger partial charge in [0.05, 0.1) is 6.20 Å². The van der Waals surface area contributed by atoms with E-state index in [-0.39, 0.29) is 10.6 Å². The molecule has 7 nitrogen and oxygen atoms in total. The first-order valence-electron chi connectivity index (χ1n) is 7.10. The number of hydrogen-bond acceptors (Lipinski definition) is 5. The molecule has 1 heterocycles. The number of aromatic amines is 1. The third kappa shape index (κ3) is 5.06. The molecule has 0 unspecified atom stereocenters. The number of H-pyrrole nitrogens is 1. The zero-order valence-corrected chi connectivity index (χ0v) is 14.3. The Balaban J connectivity index is 2.77. The summed E-state index contributed by atoms with van der Waals surface area (Å²) < 4.78 is 27.4. The Morgan fingerprint density at radius 3 is 2.62 bits per heavy atom. The van der Waals surface area contributed by atoms with Gasteiger partial charge in [-0.2, -0.15) is 5.10 Å². The predicted octanol–water partition coefficient (Wildman–Crippen LogP) is 0.528. The maximum absolute atomic E-state index is 12.4. The summed E-state index contributed by atoms with van der Waals surface area (Å²) in [6.07, 6.45) is 2.55. The van der Waals surface area contributed by atoms with Crippen LogP contribution in [0.1, 0.15) is 32.8 Å². The lowest BCUT2D eigenvalue weighted by molar-refractivity contribution is 0.199. The summed E-state index contributed by atoms with van der Waals surface area (Å²) in [4.78, 5) is 1.98. The highest BCUT2D eigenvalue weighted by molar-refractivity contribution is 7.89. The molecule has 0 bridgehead atoms. The smallest absolute Gasteiger partial charge is 0.257 e. The summed E-state index contributed by atoms with van der Waals surface area (Å²) in [6.45, 7) is 7.66. The molecule has 0 aliphatic rings. The molecule has 0 atom stereocenters. The highest BCUT2D eigenvalue weighted by atomic mass is 32.2. The van der Waals surface area contributed by atoms with E-state index in [2.05, 4.69) is 27.2 Å². The van der Waals surface area contributed by atoms with Gasteiger partial charge in [0.15, 0.2) is 5.03 Å². The first kappa shape index (κ1) is 18.1. The Labute approximate surface area is 127 Å². The van der Waals surface area contributed by atoms with Crippen LogP contribution in [0.25, 0.3) is 0 Å². The lowest BCUT2D eigenvalue weighted by Crippen LogP contribution is -2.48. The molecule has 0 spiro atoms. The van der Waals surface area contributed by atoms with Gasteiger partial charge in [-0.1, -0.05) is 6.92 Å². The summed E-state index contributed by atoms with van der Waals surface area (Å²) in [5.41, 5.74) is 0.381. The molecule has 3 N–H and O–H groups in total. The van der Waals surface area contributed by atoms with Gasteiger partial charge in [-0.3, -0.25) is 5.10 Å². The highest BCUT2D eigenvalue weighted by Crippen LogP contribution is 2.14. The number of nitrogens with zero attached hydrogens (tertiary/aromatic N) is 2. The largest absolute Gasteiger partial charge is 0.313 e. The molecule has 0 fully saturated rings. The first-order valence-corrected chi connectivity index (χ1v) is 8.59. The van der Waals surface area contributed by atoms with Crippen molar-refractivity contribution in [2.24, 2.45) is 0 Å². The molecule has 0 aromatic carbocycles. The average Bonchev–Trinajstić information content (AvgIpc) is 2.86. The van der Waals surface area contributed by atoms with Crippen LogP contribution in [0.3, 0.4) is 0 Å². The van der Waals surface area contributed by atoms with Crippen molar-refractivity contribution in [3.63, 3.8) is 0 Å². The second kappa shape index (κ2) is 7.35. The Morgan fingerprint density at radius 1 is 1.38 bits per heavy atom. The van der Waals surface area contributed by atoms with Crippen LogP contribution in [-0.2, 0) is 16.6 Å². The van der Waals surface area contributed by atoms with Crippen molar-refractivity contribution in [1.82, 2.24) is 25.1 Å². The second-order valence-electron chi connectivity index (χ2n) is 5.93. The van der Waals surface area contributed by atoms with Crippen LogP contribution in [0.4, 0.5) is 0 Å². The molecule has 21 heavy (non-hydrogen) atoms. The fraction of sp³-hybridized carbons (Fsp3) is 0.769. The van der Waals surface area contributed by atoms with E-state index in [0.29, 0.717) is 18.7 Å². The van der Waals surface area contributed by atoms with Crippen LogP contribution in [-0.4, -0.2) is 56.2 Å². The number of aromatic nitrogens is 2. The summed E-state index contributed by atoms with van der Waals surface area (Å²) in [5, 5.41) is 9.76. The van der Waals surface area contributed by atoms with Gasteiger partial charge < -0.3 is 10.2 Å². The van der Waals surface area contributed by atoms with E-state index >= 15 is 0 Å². The van der Waals surface area contributed by atoms with Crippen molar-refractivity contribution in [2.45, 2.75) is 44.3 Å². The van der Waals surface area contributed by atoms with E-state index in [0.717, 1.165) is 13.0 Å². The van der Waals surface area contributed by atoms with Crippen LogP contribution >= 0.6 is 0 Å². The van der Waals surface area contributed by atoms with Crippen molar-refractivity contribution < 1.29 is 8.42 Å². The van der Waals surface area contributed by atoms with E-state index in [9.17, 15) is 8.42 Å². The zero-order chi connectivity index (χ0) is 16.1. The van der Waals surface area contributed by atoms with E-state index in [1.165, 1.54) is 0 Å². The third-order valence-electron chi connectivity index (χ3n) is 3.59. The molecule has 1 aromatic rings. The minimum absolute atomic E-state index is 0.139. The van der Waals surface area contributed by atoms with E-state index in [4.69, 9.17) is 0 Å². The molecular weight excluding hydrogens is 290 g/mol. The van der Waals surface area contributed by atoms with Crippen molar-refractivity contribution in [3.05, 3.63) is 11.8 Å². The van der Waals surface area contributed by atoms with Crippen molar-refractivity contribution in [1.29, 1.82) is 0 Å². The quantitative estimate of drug-likeness (QED) is 0.578. The Kier molecular flexibility index (Phi) is 6.33. The zero-order valence-electron chi connectivity index (χ0n) is 13.5. The standard InChI is InChI=1S/C13H27N5O2S/c1-6-7-14-8-11-9-15-17-12(11)21(19,20)16-10-13(2,3)18(4)5/h9,14,16H,6-8,10H2,1-5H3,(H,15,17). The minimum atomic E-state index is -3.59. The maximum Gasteiger partial charge on any atom is 0.257 e. The normalized spacial score (nSPS) is 13.0. The van der Waals surface area contributed by atoms with E-state index in [1.54, 1.807) is 6.20 Å². The molecule has 1 aromatic heterocycles. The molecule has 0 saturated carbocycles. The van der Waals surface area contributed by atoms with Crippen LogP contribution in [0.2, 0.25) is 0 Å². The third-order valence-corrected chi connectivity index (χ3v) is 5.01. The van der Waals surface area contributed by atoms with Gasteiger partial charge in [0, 0.05) is 24.2 Å². The summed E-state index contributed by atoms with van der Waals surface area (Å²) >= 11 is 0. The molecule has 0 amide bonds. The fourth-order valence-electron chi connectivity index (χ4n) is 1.56. The number of rotatable bonds is 9. The Bertz CT molecular complexity index is 537. The lowest BCUT2D eigenvalue weighted by Gasteiger charge is -2.32. The summed E-state index contributed by atoms with van der Waals surface area (Å²) in [5.74, 6) is 0. The fourth-order valence-corrected chi connectivity index (χ4v) is 2.89. The number of hydrogen-bond donors (Lipinski definition) is 3. The van der Waals surface area contributed by atoms with Crippen LogP contribution in [0.5, 0.6) is 0 Å². The van der Waals surface area contributed by atoms with Crippen LogP contribution in [0.15, 0.2) is 11.2 Å². The van der Waals surface area contributed by atoms with Gasteiger partial charge in [-0.25, -0.2) is 13.1 Å². The Morgan fingerprint density at radius 2 is 2.05 bits per heavy atom. The minimum Gasteiger partial charge on any atom is -0.313 e. The van der Waals surface area contributed by atoms with Crippen LogP contribution < -0.4 is 10.0 Å². The molecule has 0 aliphatic carbocycles. The van der Waals surface area contributed by atoms with Gasteiger partial charge in [0.2, 0.25) is 0 Å². The predicted molar refractivity (Wildman–Crippen MR) is 83.5 cm³/mol. The van der Waals surface area contributed by atoms with Crippen molar-refractivity contribution in [3.8, 4) is 0 Å². The molecule has 0 radical (unpaired) electrons. The highest BCUT2D eigenvalue weighted by Gasteiger charge is 2.26. The monoisotopic (exact) mass is 317 g/mol. The second-order valence-corrected chi connectivity index (χ2v) is 7.64. The van der Waals surface area contributed by atoms with Crippen molar-refractivity contribution >= 4 is 10.0 Å².